The second-order valence-electron chi connectivity index (χ2n) is 7.40. The van der Waals surface area contributed by atoms with Gasteiger partial charge in [-0.2, -0.15) is 0 Å². The van der Waals surface area contributed by atoms with E-state index in [9.17, 15) is 9.90 Å². The second-order valence-corrected chi connectivity index (χ2v) is 7.40. The minimum absolute atomic E-state index is 0.0804. The van der Waals surface area contributed by atoms with Crippen molar-refractivity contribution < 1.29 is 9.90 Å². The number of hydrogen-bond acceptors (Lipinski definition) is 3. The van der Waals surface area contributed by atoms with Crippen LogP contribution in [-0.2, 0) is 0 Å². The molecule has 0 aromatic rings. The van der Waals surface area contributed by atoms with Gasteiger partial charge in [0.2, 0.25) is 0 Å². The molecule has 2 fully saturated rings. The summed E-state index contributed by atoms with van der Waals surface area (Å²) in [5.41, 5.74) is 0. The first kappa shape index (κ1) is 17.5. The molecule has 0 bridgehead atoms. The lowest BCUT2D eigenvalue weighted by atomic mass is 9.86. The molecule has 2 aliphatic carbocycles. The van der Waals surface area contributed by atoms with Crippen molar-refractivity contribution in [1.82, 2.24) is 15.1 Å². The van der Waals surface area contributed by atoms with Gasteiger partial charge in [-0.25, -0.2) is 4.79 Å². The molecule has 5 nitrogen and oxygen atoms in total. The highest BCUT2D eigenvalue weighted by Gasteiger charge is 2.29. The van der Waals surface area contributed by atoms with Crippen LogP contribution in [0.15, 0.2) is 0 Å². The Morgan fingerprint density at radius 2 is 1.73 bits per heavy atom. The molecule has 2 saturated carbocycles. The quantitative estimate of drug-likeness (QED) is 0.835. The molecule has 22 heavy (non-hydrogen) atoms. The summed E-state index contributed by atoms with van der Waals surface area (Å²) in [4.78, 5) is 16.7. The maximum atomic E-state index is 12.5. The number of aliphatic hydroxyl groups is 1. The van der Waals surface area contributed by atoms with E-state index in [1.165, 1.54) is 12.8 Å². The van der Waals surface area contributed by atoms with Gasteiger partial charge >= 0.3 is 6.03 Å². The van der Waals surface area contributed by atoms with E-state index < -0.39 is 0 Å². The van der Waals surface area contributed by atoms with Gasteiger partial charge in [0.1, 0.15) is 0 Å². The van der Waals surface area contributed by atoms with E-state index in [1.807, 2.05) is 11.9 Å². The minimum atomic E-state index is 0.0804. The topological polar surface area (TPSA) is 55.8 Å². The van der Waals surface area contributed by atoms with Crippen molar-refractivity contribution in [3.05, 3.63) is 0 Å². The Morgan fingerprint density at radius 3 is 2.32 bits per heavy atom. The first-order chi connectivity index (χ1) is 10.5. The van der Waals surface area contributed by atoms with Crippen LogP contribution in [0.25, 0.3) is 0 Å². The minimum Gasteiger partial charge on any atom is -0.396 e. The van der Waals surface area contributed by atoms with Gasteiger partial charge in [-0.3, -0.25) is 0 Å². The van der Waals surface area contributed by atoms with E-state index in [0.29, 0.717) is 24.0 Å². The standard InChI is InChI=1S/C17H33N3O2/c1-19(2)16-6-4-5-14(11-16)18-17(22)20(3)15-9-7-13(12-21)8-10-15/h13-16,21H,4-12H2,1-3H3,(H,18,22). The Hall–Kier alpha value is -0.810. The molecular formula is C17H33N3O2. The molecule has 2 amide bonds. The van der Waals surface area contributed by atoms with Crippen LogP contribution in [0.1, 0.15) is 51.4 Å². The maximum absolute atomic E-state index is 12.5. The van der Waals surface area contributed by atoms with Gasteiger partial charge in [0.25, 0.3) is 0 Å². The highest BCUT2D eigenvalue weighted by atomic mass is 16.3. The van der Waals surface area contributed by atoms with Crippen molar-refractivity contribution in [2.45, 2.75) is 69.5 Å². The number of amides is 2. The third-order valence-corrected chi connectivity index (χ3v) is 5.65. The van der Waals surface area contributed by atoms with Crippen LogP contribution in [0.3, 0.4) is 0 Å². The third kappa shape index (κ3) is 4.59. The molecule has 2 rings (SSSR count). The zero-order valence-electron chi connectivity index (χ0n) is 14.4. The van der Waals surface area contributed by atoms with Crippen molar-refractivity contribution in [1.29, 1.82) is 0 Å². The van der Waals surface area contributed by atoms with Crippen molar-refractivity contribution in [2.75, 3.05) is 27.7 Å². The SMILES string of the molecule is CN(C)C1CCCC(NC(=O)N(C)C2CCC(CO)CC2)C1. The molecular weight excluding hydrogens is 278 g/mol. The average molecular weight is 311 g/mol. The van der Waals surface area contributed by atoms with Gasteiger partial charge in [-0.1, -0.05) is 0 Å². The number of carbonyl (C=O) groups excluding carboxylic acids is 1. The molecule has 0 heterocycles. The Balaban J connectivity index is 1.79. The normalized spacial score (nSPS) is 32.8. The molecule has 5 heteroatoms. The largest absolute Gasteiger partial charge is 0.396 e. The van der Waals surface area contributed by atoms with E-state index in [1.54, 1.807) is 0 Å². The van der Waals surface area contributed by atoms with Crippen molar-refractivity contribution >= 4 is 6.03 Å². The summed E-state index contributed by atoms with van der Waals surface area (Å²) in [6, 6.07) is 1.31. The van der Waals surface area contributed by atoms with Gasteiger partial charge in [-0.15, -0.1) is 0 Å². The lowest BCUT2D eigenvalue weighted by Gasteiger charge is -2.37. The zero-order chi connectivity index (χ0) is 16.1. The van der Waals surface area contributed by atoms with Gasteiger partial charge in [0.05, 0.1) is 0 Å². The number of aliphatic hydroxyl groups excluding tert-OH is 1. The predicted octanol–water partition coefficient (Wildman–Crippen LogP) is 2.05. The van der Waals surface area contributed by atoms with Gasteiger partial charge in [-0.05, 0) is 71.4 Å². The van der Waals surface area contributed by atoms with Crippen LogP contribution in [0.5, 0.6) is 0 Å². The van der Waals surface area contributed by atoms with Crippen LogP contribution >= 0.6 is 0 Å². The average Bonchev–Trinajstić information content (AvgIpc) is 2.54. The Labute approximate surface area is 135 Å². The molecule has 2 unspecified atom stereocenters. The van der Waals surface area contributed by atoms with E-state index in [2.05, 4.69) is 24.3 Å². The van der Waals surface area contributed by atoms with Gasteiger partial charge < -0.3 is 20.2 Å². The first-order valence-corrected chi connectivity index (χ1v) is 8.81. The first-order valence-electron chi connectivity index (χ1n) is 8.81. The molecule has 2 atom stereocenters. The van der Waals surface area contributed by atoms with Crippen LogP contribution in [0, 0.1) is 5.92 Å². The van der Waals surface area contributed by atoms with E-state index >= 15 is 0 Å². The number of rotatable bonds is 4. The highest BCUT2D eigenvalue weighted by Crippen LogP contribution is 2.27. The Morgan fingerprint density at radius 1 is 1.05 bits per heavy atom. The smallest absolute Gasteiger partial charge is 0.317 e. The molecule has 128 valence electrons. The van der Waals surface area contributed by atoms with Crippen LogP contribution < -0.4 is 5.32 Å². The number of urea groups is 1. The number of hydrogen-bond donors (Lipinski definition) is 2. The molecule has 0 spiro atoms. The molecule has 0 aromatic carbocycles. The predicted molar refractivity (Wildman–Crippen MR) is 88.9 cm³/mol. The number of carbonyl (C=O) groups is 1. The van der Waals surface area contributed by atoms with Crippen LogP contribution in [0.4, 0.5) is 4.79 Å². The summed E-state index contributed by atoms with van der Waals surface area (Å²) in [6.07, 6.45) is 8.68. The molecule has 0 saturated heterocycles. The Bertz CT molecular complexity index is 354. The van der Waals surface area contributed by atoms with Crippen molar-refractivity contribution in [3.63, 3.8) is 0 Å². The number of nitrogens with zero attached hydrogens (tertiary/aromatic N) is 2. The maximum Gasteiger partial charge on any atom is 0.317 e. The van der Waals surface area contributed by atoms with Crippen LogP contribution in [-0.4, -0.2) is 66.8 Å². The summed E-state index contributed by atoms with van der Waals surface area (Å²) in [5, 5.41) is 12.5. The second kappa shape index (κ2) is 8.16. The lowest BCUT2D eigenvalue weighted by Crippen LogP contribution is -2.50. The van der Waals surface area contributed by atoms with E-state index in [0.717, 1.165) is 38.5 Å². The zero-order valence-corrected chi connectivity index (χ0v) is 14.4. The molecule has 0 radical (unpaired) electrons. The molecule has 2 aliphatic rings. The lowest BCUT2D eigenvalue weighted by molar-refractivity contribution is 0.129. The Kier molecular flexibility index (Phi) is 6.50. The van der Waals surface area contributed by atoms with E-state index in [4.69, 9.17) is 0 Å². The fraction of sp³-hybridized carbons (Fsp3) is 0.941. The van der Waals surface area contributed by atoms with Crippen LogP contribution in [0.2, 0.25) is 0 Å². The summed E-state index contributed by atoms with van der Waals surface area (Å²) in [6.45, 7) is 0.288. The monoisotopic (exact) mass is 311 g/mol. The van der Waals surface area contributed by atoms with E-state index in [-0.39, 0.29) is 12.6 Å². The summed E-state index contributed by atoms with van der Waals surface area (Å²) in [7, 11) is 6.17. The third-order valence-electron chi connectivity index (χ3n) is 5.65. The highest BCUT2D eigenvalue weighted by molar-refractivity contribution is 5.74. The fourth-order valence-corrected chi connectivity index (χ4v) is 3.92. The fourth-order valence-electron chi connectivity index (χ4n) is 3.92. The molecule has 0 aliphatic heterocycles. The summed E-state index contributed by atoms with van der Waals surface area (Å²) in [5.74, 6) is 0.437. The van der Waals surface area contributed by atoms with Gasteiger partial charge in [0, 0.05) is 31.8 Å². The molecule has 0 aromatic heterocycles. The van der Waals surface area contributed by atoms with Crippen molar-refractivity contribution in [3.8, 4) is 0 Å². The summed E-state index contributed by atoms with van der Waals surface area (Å²) >= 11 is 0. The summed E-state index contributed by atoms with van der Waals surface area (Å²) < 4.78 is 0. The molecule has 2 N–H and O–H groups in total. The van der Waals surface area contributed by atoms with Crippen molar-refractivity contribution in [2.24, 2.45) is 5.92 Å². The van der Waals surface area contributed by atoms with Gasteiger partial charge in [0.15, 0.2) is 0 Å². The number of nitrogens with one attached hydrogen (secondary N) is 1.